The van der Waals surface area contributed by atoms with Crippen molar-refractivity contribution in [2.75, 3.05) is 25.0 Å². The Morgan fingerprint density at radius 3 is 2.54 bits per heavy atom. The highest BCUT2D eigenvalue weighted by Gasteiger charge is 2.42. The van der Waals surface area contributed by atoms with E-state index in [0.717, 1.165) is 32.4 Å². The number of rotatable bonds is 7. The summed E-state index contributed by atoms with van der Waals surface area (Å²) in [5, 5.41) is 27.3. The molecule has 2 fully saturated rings. The number of aromatic nitrogens is 4. The summed E-state index contributed by atoms with van der Waals surface area (Å²) in [7, 11) is 0. The van der Waals surface area contributed by atoms with E-state index >= 15 is 0 Å². The summed E-state index contributed by atoms with van der Waals surface area (Å²) >= 11 is 6.25. The standard InChI is InChI=1S/C29H32ClN7O4/c1-18-14-22(19-10-12-31-13-11-19)16-36(27(18)28(39)33-24-6-2-20(3-7-24)29(40)41)26(38)9-4-21-15-23(30)5-8-25(21)37-17-32-34-35-37/h2-9,15,17-19,22,27,31H,10-14,16H2,1H3,(H,33,39)(H,40,41)/b9-4+/t18-,22+,27+/m1/s1. The fourth-order valence-corrected chi connectivity index (χ4v) is 6.13. The van der Waals surface area contributed by atoms with Crippen molar-refractivity contribution in [1.82, 2.24) is 30.4 Å². The first-order chi connectivity index (χ1) is 19.8. The average molecular weight is 578 g/mol. The van der Waals surface area contributed by atoms with E-state index in [0.29, 0.717) is 34.4 Å². The highest BCUT2D eigenvalue weighted by Crippen LogP contribution is 2.36. The van der Waals surface area contributed by atoms with Crippen molar-refractivity contribution in [3.8, 4) is 5.69 Å². The fourth-order valence-electron chi connectivity index (χ4n) is 5.95. The molecule has 0 unspecified atom stereocenters. The molecule has 2 aromatic carbocycles. The Hall–Kier alpha value is -4.09. The zero-order valence-electron chi connectivity index (χ0n) is 22.6. The summed E-state index contributed by atoms with van der Waals surface area (Å²) in [4.78, 5) is 40.3. The zero-order valence-corrected chi connectivity index (χ0v) is 23.4. The second-order valence-corrected chi connectivity index (χ2v) is 11.1. The van der Waals surface area contributed by atoms with E-state index in [1.54, 1.807) is 41.3 Å². The van der Waals surface area contributed by atoms with Gasteiger partial charge in [-0.3, -0.25) is 9.59 Å². The van der Waals surface area contributed by atoms with E-state index in [-0.39, 0.29) is 29.2 Å². The second-order valence-electron chi connectivity index (χ2n) is 10.7. The third-order valence-electron chi connectivity index (χ3n) is 7.97. The molecule has 0 spiro atoms. The topological polar surface area (TPSA) is 142 Å². The Morgan fingerprint density at radius 1 is 1.10 bits per heavy atom. The minimum absolute atomic E-state index is 0.0813. The van der Waals surface area contributed by atoms with Crippen LogP contribution in [0, 0.1) is 17.8 Å². The molecule has 1 aromatic heterocycles. The number of likely N-dealkylation sites (tertiary alicyclic amines) is 1. The highest BCUT2D eigenvalue weighted by atomic mass is 35.5. The molecule has 5 rings (SSSR count). The highest BCUT2D eigenvalue weighted by molar-refractivity contribution is 6.30. The molecule has 2 saturated heterocycles. The maximum absolute atomic E-state index is 13.8. The summed E-state index contributed by atoms with van der Waals surface area (Å²) in [6.07, 6.45) is 7.52. The molecular weight excluding hydrogens is 546 g/mol. The van der Waals surface area contributed by atoms with Crippen molar-refractivity contribution in [2.45, 2.75) is 32.2 Å². The van der Waals surface area contributed by atoms with Crippen molar-refractivity contribution in [2.24, 2.45) is 17.8 Å². The quantitative estimate of drug-likeness (QED) is 0.362. The number of amides is 2. The third-order valence-corrected chi connectivity index (χ3v) is 8.21. The van der Waals surface area contributed by atoms with Crippen LogP contribution < -0.4 is 10.6 Å². The number of aromatic carboxylic acids is 1. The minimum Gasteiger partial charge on any atom is -0.478 e. The molecule has 0 bridgehead atoms. The first kappa shape index (κ1) is 28.4. The summed E-state index contributed by atoms with van der Waals surface area (Å²) in [5.74, 6) is -0.944. The van der Waals surface area contributed by atoms with Crippen molar-refractivity contribution >= 4 is 41.1 Å². The summed E-state index contributed by atoms with van der Waals surface area (Å²) < 4.78 is 1.49. The van der Waals surface area contributed by atoms with Crippen LogP contribution in [0.5, 0.6) is 0 Å². The molecule has 3 heterocycles. The molecule has 0 saturated carbocycles. The van der Waals surface area contributed by atoms with Gasteiger partial charge in [-0.25, -0.2) is 4.79 Å². The molecule has 12 heteroatoms. The van der Waals surface area contributed by atoms with Crippen LogP contribution in [0.4, 0.5) is 5.69 Å². The summed E-state index contributed by atoms with van der Waals surface area (Å²) in [5.41, 5.74) is 1.91. The van der Waals surface area contributed by atoms with Crippen molar-refractivity contribution < 1.29 is 19.5 Å². The van der Waals surface area contributed by atoms with Gasteiger partial charge >= 0.3 is 5.97 Å². The Bertz CT molecular complexity index is 1420. The molecule has 0 aliphatic carbocycles. The van der Waals surface area contributed by atoms with E-state index in [4.69, 9.17) is 11.6 Å². The summed E-state index contributed by atoms with van der Waals surface area (Å²) in [6, 6.07) is 10.5. The number of carboxylic acids is 1. The number of halogens is 1. The molecule has 2 aliphatic heterocycles. The first-order valence-electron chi connectivity index (χ1n) is 13.7. The third kappa shape index (κ3) is 6.63. The van der Waals surface area contributed by atoms with Crippen molar-refractivity contribution in [1.29, 1.82) is 0 Å². The second kappa shape index (κ2) is 12.6. The van der Waals surface area contributed by atoms with E-state index < -0.39 is 12.0 Å². The van der Waals surface area contributed by atoms with E-state index in [1.807, 2.05) is 6.92 Å². The lowest BCUT2D eigenvalue weighted by Crippen LogP contribution is -2.57. The van der Waals surface area contributed by atoms with Crippen LogP contribution in [0.2, 0.25) is 5.02 Å². The van der Waals surface area contributed by atoms with Gasteiger partial charge in [-0.2, -0.15) is 4.68 Å². The number of hydrogen-bond donors (Lipinski definition) is 3. The van der Waals surface area contributed by atoms with Crippen molar-refractivity contribution in [3.63, 3.8) is 0 Å². The lowest BCUT2D eigenvalue weighted by molar-refractivity contribution is -0.141. The number of piperidine rings is 2. The van der Waals surface area contributed by atoms with Gasteiger partial charge in [-0.05, 0) is 109 Å². The Balaban J connectivity index is 1.41. The van der Waals surface area contributed by atoms with Crippen molar-refractivity contribution in [3.05, 3.63) is 71.0 Å². The Labute approximate surface area is 242 Å². The first-order valence-corrected chi connectivity index (χ1v) is 14.0. The maximum Gasteiger partial charge on any atom is 0.335 e. The fraction of sp³-hybridized carbons (Fsp3) is 0.379. The number of carbonyl (C=O) groups is 3. The predicted octanol–water partition coefficient (Wildman–Crippen LogP) is 3.52. The number of carboxylic acid groups (broad SMARTS) is 1. The Morgan fingerprint density at radius 2 is 1.85 bits per heavy atom. The van der Waals surface area contributed by atoms with Crippen LogP contribution in [0.1, 0.15) is 42.1 Å². The van der Waals surface area contributed by atoms with Crippen LogP contribution in [-0.2, 0) is 9.59 Å². The molecule has 41 heavy (non-hydrogen) atoms. The van der Waals surface area contributed by atoms with Crippen LogP contribution in [0.3, 0.4) is 0 Å². The van der Waals surface area contributed by atoms with Gasteiger partial charge in [-0.1, -0.05) is 18.5 Å². The van der Waals surface area contributed by atoms with Crippen LogP contribution >= 0.6 is 11.6 Å². The molecule has 3 atom stereocenters. The van der Waals surface area contributed by atoms with Gasteiger partial charge in [-0.15, -0.1) is 5.10 Å². The van der Waals surface area contributed by atoms with E-state index in [2.05, 4.69) is 26.2 Å². The zero-order chi connectivity index (χ0) is 28.9. The number of tetrazole rings is 1. The smallest absolute Gasteiger partial charge is 0.335 e. The molecule has 2 aliphatic rings. The van der Waals surface area contributed by atoms with Gasteiger partial charge in [0.05, 0.1) is 11.3 Å². The SMILES string of the molecule is C[C@@H]1C[C@H](C2CCNCC2)CN(C(=O)/C=C/c2cc(Cl)ccc2-n2cnnn2)[C@@H]1C(=O)Nc1ccc(C(=O)O)cc1. The largest absolute Gasteiger partial charge is 0.478 e. The number of anilines is 1. The number of nitrogens with zero attached hydrogens (tertiary/aromatic N) is 5. The van der Waals surface area contributed by atoms with Gasteiger partial charge in [0.2, 0.25) is 11.8 Å². The minimum atomic E-state index is -1.04. The maximum atomic E-state index is 13.8. The van der Waals surface area contributed by atoms with Gasteiger partial charge in [0.15, 0.2) is 0 Å². The molecule has 0 radical (unpaired) electrons. The molecule has 3 N–H and O–H groups in total. The van der Waals surface area contributed by atoms with Gasteiger partial charge in [0.25, 0.3) is 0 Å². The van der Waals surface area contributed by atoms with Crippen LogP contribution in [0.25, 0.3) is 11.8 Å². The van der Waals surface area contributed by atoms with Gasteiger partial charge in [0, 0.05) is 28.9 Å². The number of carbonyl (C=O) groups excluding carboxylic acids is 2. The number of nitrogens with one attached hydrogen (secondary N) is 2. The Kier molecular flexibility index (Phi) is 8.75. The van der Waals surface area contributed by atoms with Crippen LogP contribution in [-0.4, -0.2) is 73.7 Å². The number of benzene rings is 2. The van der Waals surface area contributed by atoms with Gasteiger partial charge < -0.3 is 20.6 Å². The van der Waals surface area contributed by atoms with Crippen LogP contribution in [0.15, 0.2) is 54.9 Å². The molecular formula is C29H32ClN7O4. The van der Waals surface area contributed by atoms with E-state index in [1.165, 1.54) is 29.2 Å². The lowest BCUT2D eigenvalue weighted by Gasteiger charge is -2.45. The predicted molar refractivity (Wildman–Crippen MR) is 154 cm³/mol. The number of hydrogen-bond acceptors (Lipinski definition) is 7. The molecule has 2 amide bonds. The summed E-state index contributed by atoms with van der Waals surface area (Å²) in [6.45, 7) is 4.40. The van der Waals surface area contributed by atoms with E-state index in [9.17, 15) is 19.5 Å². The molecule has 11 nitrogen and oxygen atoms in total. The lowest BCUT2D eigenvalue weighted by atomic mass is 9.74. The molecule has 214 valence electrons. The monoisotopic (exact) mass is 577 g/mol. The molecule has 3 aromatic rings. The normalized spacial score (nSPS) is 21.6. The van der Waals surface area contributed by atoms with Gasteiger partial charge in [0.1, 0.15) is 12.4 Å². The average Bonchev–Trinajstić information content (AvgIpc) is 3.51.